The van der Waals surface area contributed by atoms with Crippen LogP contribution in [-0.4, -0.2) is 39.8 Å². The number of hydrogen-bond acceptors (Lipinski definition) is 5. The fourth-order valence-electron chi connectivity index (χ4n) is 0.584. The van der Waals surface area contributed by atoms with E-state index in [1.807, 2.05) is 0 Å². The summed E-state index contributed by atoms with van der Waals surface area (Å²) < 4.78 is 0. The molecule has 0 rings (SSSR count). The minimum Gasteiger partial charge on any atom is -0.367 e. The molecule has 1 unspecified atom stereocenters. The lowest BCUT2D eigenvalue weighted by molar-refractivity contribution is -0.114. The zero-order chi connectivity index (χ0) is 9.56. The van der Waals surface area contributed by atoms with E-state index in [4.69, 9.17) is 15.9 Å². The van der Waals surface area contributed by atoms with Gasteiger partial charge < -0.3 is 15.9 Å². The number of thioether (sulfide) groups is 1. The molecule has 0 aliphatic carbocycles. The van der Waals surface area contributed by atoms with E-state index in [0.717, 1.165) is 0 Å². The SMILES string of the molecule is CC(=O)CSCCC(N)C(O)O. The van der Waals surface area contributed by atoms with Crippen LogP contribution in [-0.2, 0) is 4.79 Å². The second kappa shape index (κ2) is 6.42. The van der Waals surface area contributed by atoms with Crippen molar-refractivity contribution in [2.24, 2.45) is 5.73 Å². The average Bonchev–Trinajstić information content (AvgIpc) is 1.97. The molecule has 0 spiro atoms. The molecule has 0 aliphatic rings. The zero-order valence-corrected chi connectivity index (χ0v) is 7.88. The number of aliphatic hydroxyl groups is 2. The quantitative estimate of drug-likeness (QED) is 0.385. The number of aliphatic hydroxyl groups excluding tert-OH is 1. The van der Waals surface area contributed by atoms with Crippen molar-refractivity contribution in [1.29, 1.82) is 0 Å². The lowest BCUT2D eigenvalue weighted by atomic mass is 10.2. The summed E-state index contributed by atoms with van der Waals surface area (Å²) in [5.74, 6) is 1.27. The van der Waals surface area contributed by atoms with Crippen LogP contribution < -0.4 is 5.73 Å². The number of ketones is 1. The normalized spacial score (nSPS) is 13.4. The highest BCUT2D eigenvalue weighted by atomic mass is 32.2. The monoisotopic (exact) mass is 193 g/mol. The van der Waals surface area contributed by atoms with Crippen LogP contribution in [0.4, 0.5) is 0 Å². The van der Waals surface area contributed by atoms with E-state index in [9.17, 15) is 4.79 Å². The van der Waals surface area contributed by atoms with Gasteiger partial charge in [-0.15, -0.1) is 0 Å². The first-order valence-corrected chi connectivity index (χ1v) is 4.88. The van der Waals surface area contributed by atoms with Crippen LogP contribution in [0.3, 0.4) is 0 Å². The molecule has 0 heterocycles. The van der Waals surface area contributed by atoms with E-state index in [-0.39, 0.29) is 5.78 Å². The Morgan fingerprint density at radius 1 is 1.58 bits per heavy atom. The number of rotatable bonds is 6. The number of hydrogen-bond donors (Lipinski definition) is 3. The number of nitrogens with two attached hydrogens (primary N) is 1. The van der Waals surface area contributed by atoms with Crippen molar-refractivity contribution >= 4 is 17.5 Å². The number of carbonyl (C=O) groups excluding carboxylic acids is 1. The standard InChI is InChI=1S/C7H15NO3S/c1-5(9)4-12-3-2-6(8)7(10)11/h6-7,10-11H,2-4,8H2,1H3. The summed E-state index contributed by atoms with van der Waals surface area (Å²) in [6.45, 7) is 1.52. The van der Waals surface area contributed by atoms with E-state index in [1.165, 1.54) is 18.7 Å². The summed E-state index contributed by atoms with van der Waals surface area (Å²) in [5.41, 5.74) is 5.34. The molecule has 0 aliphatic heterocycles. The van der Waals surface area contributed by atoms with E-state index >= 15 is 0 Å². The van der Waals surface area contributed by atoms with Crippen LogP contribution in [0.25, 0.3) is 0 Å². The van der Waals surface area contributed by atoms with Crippen molar-refractivity contribution in [1.82, 2.24) is 0 Å². The molecule has 12 heavy (non-hydrogen) atoms. The molecule has 0 aromatic heterocycles. The lowest BCUT2D eigenvalue weighted by Crippen LogP contribution is -2.34. The smallest absolute Gasteiger partial charge is 0.166 e. The highest BCUT2D eigenvalue weighted by molar-refractivity contribution is 7.99. The van der Waals surface area contributed by atoms with Gasteiger partial charge >= 0.3 is 0 Å². The van der Waals surface area contributed by atoms with Gasteiger partial charge in [-0.2, -0.15) is 11.8 Å². The van der Waals surface area contributed by atoms with Gasteiger partial charge in [0, 0.05) is 0 Å². The van der Waals surface area contributed by atoms with Gasteiger partial charge in [-0.3, -0.25) is 4.79 Å². The molecule has 0 saturated carbocycles. The third-order valence-electron chi connectivity index (χ3n) is 1.28. The topological polar surface area (TPSA) is 83.6 Å². The fourth-order valence-corrected chi connectivity index (χ4v) is 1.46. The summed E-state index contributed by atoms with van der Waals surface area (Å²) in [5, 5.41) is 17.2. The summed E-state index contributed by atoms with van der Waals surface area (Å²) in [6, 6.07) is -0.607. The largest absolute Gasteiger partial charge is 0.367 e. The Kier molecular flexibility index (Phi) is 6.37. The van der Waals surface area contributed by atoms with Gasteiger partial charge in [0.1, 0.15) is 5.78 Å². The third-order valence-corrected chi connectivity index (χ3v) is 2.42. The van der Waals surface area contributed by atoms with E-state index in [0.29, 0.717) is 17.9 Å². The Morgan fingerprint density at radius 2 is 2.17 bits per heavy atom. The van der Waals surface area contributed by atoms with Crippen LogP contribution in [0, 0.1) is 0 Å². The molecule has 72 valence electrons. The molecule has 4 nitrogen and oxygen atoms in total. The van der Waals surface area contributed by atoms with Gasteiger partial charge in [-0.25, -0.2) is 0 Å². The Balaban J connectivity index is 3.25. The molecule has 0 radical (unpaired) electrons. The minimum absolute atomic E-state index is 0.123. The van der Waals surface area contributed by atoms with Crippen molar-refractivity contribution in [2.75, 3.05) is 11.5 Å². The summed E-state index contributed by atoms with van der Waals surface area (Å²) in [4.78, 5) is 10.5. The molecule has 0 aromatic rings. The zero-order valence-electron chi connectivity index (χ0n) is 7.06. The first-order chi connectivity index (χ1) is 5.54. The van der Waals surface area contributed by atoms with Crippen molar-refractivity contribution < 1.29 is 15.0 Å². The first kappa shape index (κ1) is 11.9. The van der Waals surface area contributed by atoms with Crippen molar-refractivity contribution in [3.63, 3.8) is 0 Å². The van der Waals surface area contributed by atoms with Crippen LogP contribution in [0.5, 0.6) is 0 Å². The van der Waals surface area contributed by atoms with Crippen molar-refractivity contribution in [3.8, 4) is 0 Å². The predicted octanol–water partition coefficient (Wildman–Crippen LogP) is -0.663. The van der Waals surface area contributed by atoms with Gasteiger partial charge in [0.05, 0.1) is 11.8 Å². The maximum Gasteiger partial charge on any atom is 0.166 e. The van der Waals surface area contributed by atoms with Gasteiger partial charge in [-0.05, 0) is 19.1 Å². The molecule has 1 atom stereocenters. The molecule has 4 N–H and O–H groups in total. The van der Waals surface area contributed by atoms with Gasteiger partial charge in [0.2, 0.25) is 0 Å². The molecule has 0 fully saturated rings. The van der Waals surface area contributed by atoms with Crippen LogP contribution >= 0.6 is 11.8 Å². The molecule has 0 saturated heterocycles. The van der Waals surface area contributed by atoms with Gasteiger partial charge in [0.25, 0.3) is 0 Å². The Labute approximate surface area is 76.1 Å². The average molecular weight is 193 g/mol. The molecular weight excluding hydrogens is 178 g/mol. The second-order valence-electron chi connectivity index (χ2n) is 2.62. The molecule has 0 bridgehead atoms. The third kappa shape index (κ3) is 6.60. The number of Topliss-reactive ketones (excluding diaryl/α,β-unsaturated/α-hetero) is 1. The van der Waals surface area contributed by atoms with E-state index < -0.39 is 12.3 Å². The maximum absolute atomic E-state index is 10.5. The first-order valence-electron chi connectivity index (χ1n) is 3.73. The van der Waals surface area contributed by atoms with E-state index in [1.54, 1.807) is 0 Å². The lowest BCUT2D eigenvalue weighted by Gasteiger charge is -2.12. The fraction of sp³-hybridized carbons (Fsp3) is 0.857. The van der Waals surface area contributed by atoms with Crippen molar-refractivity contribution in [2.45, 2.75) is 25.7 Å². The van der Waals surface area contributed by atoms with E-state index in [2.05, 4.69) is 0 Å². The molecule has 5 heteroatoms. The maximum atomic E-state index is 10.5. The summed E-state index contributed by atoms with van der Waals surface area (Å²) >= 11 is 1.46. The summed E-state index contributed by atoms with van der Waals surface area (Å²) in [7, 11) is 0. The summed E-state index contributed by atoms with van der Waals surface area (Å²) in [6.07, 6.45) is -0.946. The van der Waals surface area contributed by atoms with Gasteiger partial charge in [-0.1, -0.05) is 0 Å². The minimum atomic E-state index is -1.46. The Bertz CT molecular complexity index is 141. The van der Waals surface area contributed by atoms with Gasteiger partial charge in [0.15, 0.2) is 6.29 Å². The van der Waals surface area contributed by atoms with Crippen molar-refractivity contribution in [3.05, 3.63) is 0 Å². The highest BCUT2D eigenvalue weighted by Crippen LogP contribution is 2.05. The van der Waals surface area contributed by atoms with Crippen LogP contribution in [0.15, 0.2) is 0 Å². The molecular formula is C7H15NO3S. The Hall–Kier alpha value is -0.100. The second-order valence-corrected chi connectivity index (χ2v) is 3.73. The Morgan fingerprint density at radius 3 is 2.58 bits per heavy atom. The molecule has 0 aromatic carbocycles. The predicted molar refractivity (Wildman–Crippen MR) is 48.8 cm³/mol. The van der Waals surface area contributed by atoms with Crippen LogP contribution in [0.1, 0.15) is 13.3 Å². The highest BCUT2D eigenvalue weighted by Gasteiger charge is 2.09. The number of carbonyl (C=O) groups is 1. The van der Waals surface area contributed by atoms with Crippen LogP contribution in [0.2, 0.25) is 0 Å². The molecule has 0 amide bonds.